The minimum atomic E-state index is -0.184. The molecule has 0 aromatic heterocycles. The highest BCUT2D eigenvalue weighted by Crippen LogP contribution is 2.41. The third kappa shape index (κ3) is 2.99. The molecule has 1 heterocycles. The molecule has 2 aromatic rings. The average molecular weight is 365 g/mol. The molecule has 5 heteroatoms. The van der Waals surface area contributed by atoms with Gasteiger partial charge in [0.05, 0.1) is 0 Å². The van der Waals surface area contributed by atoms with Gasteiger partial charge >= 0.3 is 0 Å². The topological polar surface area (TPSA) is 15.6 Å². The van der Waals surface area contributed by atoms with Crippen molar-refractivity contribution in [3.8, 4) is 0 Å². The zero-order valence-corrected chi connectivity index (χ0v) is 13.9. The Morgan fingerprint density at radius 3 is 2.71 bits per heavy atom. The second kappa shape index (κ2) is 6.20. The smallest absolute Gasteiger partial charge is 0.133 e. The number of nitrogens with zero attached hydrogens (tertiary/aromatic N) is 2. The molecule has 1 aliphatic heterocycles. The van der Waals surface area contributed by atoms with Gasteiger partial charge in [0, 0.05) is 23.9 Å². The summed E-state index contributed by atoms with van der Waals surface area (Å²) in [6, 6.07) is 15.3. The average Bonchev–Trinajstić information content (AvgIpc) is 2.49. The van der Waals surface area contributed by atoms with E-state index >= 15 is 0 Å². The molecule has 108 valence electrons. The summed E-state index contributed by atoms with van der Waals surface area (Å²) in [5.41, 5.74) is 2.75. The van der Waals surface area contributed by atoms with Gasteiger partial charge in [-0.15, -0.1) is 11.8 Å². The van der Waals surface area contributed by atoms with Gasteiger partial charge in [-0.2, -0.15) is 5.10 Å². The maximum Gasteiger partial charge on any atom is 0.133 e. The van der Waals surface area contributed by atoms with Crippen molar-refractivity contribution in [2.45, 2.75) is 11.1 Å². The van der Waals surface area contributed by atoms with Crippen molar-refractivity contribution in [2.24, 2.45) is 5.10 Å². The lowest BCUT2D eigenvalue weighted by molar-refractivity contribution is 0.325. The molecule has 1 aliphatic rings. The Hall–Kier alpha value is -1.33. The summed E-state index contributed by atoms with van der Waals surface area (Å²) >= 11 is 5.09. The van der Waals surface area contributed by atoms with Crippen LogP contribution in [0.15, 0.2) is 53.6 Å². The minimum absolute atomic E-state index is 0.122. The Labute approximate surface area is 136 Å². The van der Waals surface area contributed by atoms with Crippen molar-refractivity contribution < 1.29 is 4.39 Å². The third-order valence-electron chi connectivity index (χ3n) is 3.36. The van der Waals surface area contributed by atoms with E-state index in [1.54, 1.807) is 17.8 Å². The Bertz CT molecular complexity index is 675. The standard InChI is InChI=1S/C16H14BrFN2S/c1-20-16(21-10-11-6-3-2-4-7-11)14-12(15(17)19-20)8-5-9-13(14)18/h2-9,16H,10H2,1H3. The van der Waals surface area contributed by atoms with Crippen molar-refractivity contribution in [3.63, 3.8) is 0 Å². The molecule has 3 rings (SSSR count). The van der Waals surface area contributed by atoms with E-state index in [4.69, 9.17) is 0 Å². The summed E-state index contributed by atoms with van der Waals surface area (Å²) in [5, 5.41) is 6.12. The minimum Gasteiger partial charge on any atom is -0.281 e. The Morgan fingerprint density at radius 1 is 1.19 bits per heavy atom. The molecule has 21 heavy (non-hydrogen) atoms. The number of hydrogen-bond donors (Lipinski definition) is 0. The SMILES string of the molecule is CN1N=C(Br)c2cccc(F)c2C1SCc1ccccc1. The van der Waals surface area contributed by atoms with E-state index in [9.17, 15) is 4.39 Å². The number of rotatable bonds is 3. The molecule has 0 saturated carbocycles. The Morgan fingerprint density at radius 2 is 1.95 bits per heavy atom. The van der Waals surface area contributed by atoms with E-state index < -0.39 is 0 Å². The van der Waals surface area contributed by atoms with Crippen molar-refractivity contribution in [1.82, 2.24) is 5.01 Å². The summed E-state index contributed by atoms with van der Waals surface area (Å²) in [5.74, 6) is 0.633. The van der Waals surface area contributed by atoms with Gasteiger partial charge in [-0.3, -0.25) is 5.01 Å². The lowest BCUT2D eigenvalue weighted by atomic mass is 10.1. The van der Waals surface area contributed by atoms with Gasteiger partial charge in [-0.1, -0.05) is 42.5 Å². The number of hydrogen-bond acceptors (Lipinski definition) is 3. The molecule has 1 atom stereocenters. The number of thioether (sulfide) groups is 1. The molecule has 2 nitrogen and oxygen atoms in total. The lowest BCUT2D eigenvalue weighted by Gasteiger charge is -2.31. The molecule has 0 spiro atoms. The van der Waals surface area contributed by atoms with E-state index in [2.05, 4.69) is 33.2 Å². The van der Waals surface area contributed by atoms with Crippen LogP contribution in [-0.2, 0) is 5.75 Å². The quantitative estimate of drug-likeness (QED) is 0.780. The highest BCUT2D eigenvalue weighted by atomic mass is 79.9. The Balaban J connectivity index is 1.89. The lowest BCUT2D eigenvalue weighted by Crippen LogP contribution is -2.25. The largest absolute Gasteiger partial charge is 0.281 e. The van der Waals surface area contributed by atoms with E-state index in [1.807, 2.05) is 36.3 Å². The zero-order chi connectivity index (χ0) is 14.8. The van der Waals surface area contributed by atoms with Crippen molar-refractivity contribution in [3.05, 3.63) is 71.0 Å². The first-order chi connectivity index (χ1) is 10.2. The van der Waals surface area contributed by atoms with Crippen LogP contribution >= 0.6 is 27.7 Å². The summed E-state index contributed by atoms with van der Waals surface area (Å²) in [6.45, 7) is 0. The number of benzene rings is 2. The van der Waals surface area contributed by atoms with Crippen LogP contribution in [-0.4, -0.2) is 16.7 Å². The van der Waals surface area contributed by atoms with E-state index in [0.29, 0.717) is 10.2 Å². The normalized spacial score (nSPS) is 17.4. The predicted octanol–water partition coefficient (Wildman–Crippen LogP) is 4.76. The molecule has 0 radical (unpaired) electrons. The van der Waals surface area contributed by atoms with Gasteiger partial charge in [0.15, 0.2) is 0 Å². The van der Waals surface area contributed by atoms with Crippen molar-refractivity contribution in [2.75, 3.05) is 7.05 Å². The summed E-state index contributed by atoms with van der Waals surface area (Å²) in [7, 11) is 1.87. The predicted molar refractivity (Wildman–Crippen MR) is 90.1 cm³/mol. The number of hydrazone groups is 1. The van der Waals surface area contributed by atoms with Crippen LogP contribution in [0.3, 0.4) is 0 Å². The van der Waals surface area contributed by atoms with Crippen LogP contribution in [0.25, 0.3) is 0 Å². The molecular formula is C16H14BrFN2S. The van der Waals surface area contributed by atoms with Gasteiger partial charge in [-0.25, -0.2) is 4.39 Å². The Kier molecular flexibility index (Phi) is 4.31. The molecule has 0 bridgehead atoms. The highest BCUT2D eigenvalue weighted by Gasteiger charge is 2.29. The highest BCUT2D eigenvalue weighted by molar-refractivity contribution is 9.18. The monoisotopic (exact) mass is 364 g/mol. The molecule has 0 N–H and O–H groups in total. The maximum atomic E-state index is 14.3. The van der Waals surface area contributed by atoms with Gasteiger partial charge in [0.25, 0.3) is 0 Å². The molecule has 1 unspecified atom stereocenters. The summed E-state index contributed by atoms with van der Waals surface area (Å²) in [6.07, 6.45) is 0. The van der Waals surface area contributed by atoms with E-state index in [-0.39, 0.29) is 11.2 Å². The number of halogens is 2. The van der Waals surface area contributed by atoms with Crippen LogP contribution in [0.5, 0.6) is 0 Å². The van der Waals surface area contributed by atoms with E-state index in [1.165, 1.54) is 11.6 Å². The molecule has 0 amide bonds. The molecule has 2 aromatic carbocycles. The second-order valence-electron chi connectivity index (χ2n) is 4.81. The maximum absolute atomic E-state index is 14.3. The molecular weight excluding hydrogens is 351 g/mol. The van der Waals surface area contributed by atoms with Gasteiger partial charge in [-0.05, 0) is 27.6 Å². The fourth-order valence-electron chi connectivity index (χ4n) is 2.34. The van der Waals surface area contributed by atoms with Crippen LogP contribution in [0, 0.1) is 5.82 Å². The summed E-state index contributed by atoms with van der Waals surface area (Å²) < 4.78 is 15.0. The summed E-state index contributed by atoms with van der Waals surface area (Å²) in [4.78, 5) is 0. The first-order valence-corrected chi connectivity index (χ1v) is 8.42. The third-order valence-corrected chi connectivity index (χ3v) is 5.30. The van der Waals surface area contributed by atoms with Crippen LogP contribution < -0.4 is 0 Å². The van der Waals surface area contributed by atoms with Crippen LogP contribution in [0.1, 0.15) is 22.1 Å². The second-order valence-corrected chi connectivity index (χ2v) is 6.63. The first-order valence-electron chi connectivity index (χ1n) is 6.58. The fourth-order valence-corrected chi connectivity index (χ4v) is 4.15. The number of fused-ring (bicyclic) bond motifs is 1. The van der Waals surface area contributed by atoms with Gasteiger partial charge in [0.2, 0.25) is 0 Å². The molecule has 0 aliphatic carbocycles. The van der Waals surface area contributed by atoms with Crippen molar-refractivity contribution >= 4 is 32.3 Å². The zero-order valence-electron chi connectivity index (χ0n) is 11.5. The van der Waals surface area contributed by atoms with Crippen LogP contribution in [0.2, 0.25) is 0 Å². The van der Waals surface area contributed by atoms with Crippen LogP contribution in [0.4, 0.5) is 4.39 Å². The first kappa shape index (κ1) is 14.6. The van der Waals surface area contributed by atoms with Gasteiger partial charge < -0.3 is 0 Å². The fraction of sp³-hybridized carbons (Fsp3) is 0.188. The van der Waals surface area contributed by atoms with Crippen molar-refractivity contribution in [1.29, 1.82) is 0 Å². The molecule has 0 fully saturated rings. The van der Waals surface area contributed by atoms with E-state index in [0.717, 1.165) is 11.3 Å². The molecule has 0 saturated heterocycles. The van der Waals surface area contributed by atoms with Gasteiger partial charge in [0.1, 0.15) is 15.8 Å².